The Balaban J connectivity index is 2.08. The van der Waals surface area contributed by atoms with Crippen LogP contribution in [0.15, 0.2) is 48.1 Å². The number of hydrogen-bond acceptors (Lipinski definition) is 3. The largest absolute Gasteiger partial charge is 0.375 e. The fourth-order valence-electron chi connectivity index (χ4n) is 1.31. The quantitative estimate of drug-likeness (QED) is 0.481. The Morgan fingerprint density at radius 1 is 1.41 bits per heavy atom. The molecule has 0 fully saturated rings. The first-order valence-corrected chi connectivity index (χ1v) is 5.33. The Morgan fingerprint density at radius 2 is 2.18 bits per heavy atom. The van der Waals surface area contributed by atoms with E-state index in [2.05, 4.69) is 27.7 Å². The number of imidazole rings is 1. The van der Waals surface area contributed by atoms with E-state index in [1.807, 2.05) is 35.0 Å². The normalized spacial score (nSPS) is 10.6. The van der Waals surface area contributed by atoms with Gasteiger partial charge in [0.25, 0.3) is 0 Å². The average Bonchev–Trinajstić information content (AvgIpc) is 2.83. The molecule has 0 aliphatic rings. The third kappa shape index (κ3) is 3.12. The zero-order valence-corrected chi connectivity index (χ0v) is 9.76. The van der Waals surface area contributed by atoms with Crippen LogP contribution >= 0.6 is 12.2 Å². The third-order valence-corrected chi connectivity index (χ3v) is 2.18. The van der Waals surface area contributed by atoms with Crippen LogP contribution in [0.2, 0.25) is 0 Å². The SMILES string of the molecule is NC(=S)N/N=C/c1ccc(-n2ccnc2)cc1. The van der Waals surface area contributed by atoms with Crippen LogP contribution in [0.4, 0.5) is 0 Å². The molecule has 0 spiro atoms. The lowest BCUT2D eigenvalue weighted by Crippen LogP contribution is -2.23. The van der Waals surface area contributed by atoms with Crippen LogP contribution < -0.4 is 11.2 Å². The smallest absolute Gasteiger partial charge is 0.184 e. The van der Waals surface area contributed by atoms with Gasteiger partial charge in [0.05, 0.1) is 12.5 Å². The molecule has 1 aromatic carbocycles. The van der Waals surface area contributed by atoms with Gasteiger partial charge in [0.1, 0.15) is 0 Å². The standard InChI is InChI=1S/C11H11N5S/c12-11(17)15-14-7-9-1-3-10(4-2-9)16-6-5-13-8-16/h1-8H,(H3,12,15,17)/b14-7+. The number of aromatic nitrogens is 2. The summed E-state index contributed by atoms with van der Waals surface area (Å²) in [5.41, 5.74) is 9.74. The Labute approximate surface area is 104 Å². The molecule has 0 radical (unpaired) electrons. The van der Waals surface area contributed by atoms with E-state index in [0.717, 1.165) is 11.3 Å². The minimum absolute atomic E-state index is 0.149. The molecule has 0 aliphatic carbocycles. The van der Waals surface area contributed by atoms with Gasteiger partial charge in [-0.05, 0) is 29.9 Å². The van der Waals surface area contributed by atoms with E-state index in [1.165, 1.54) is 0 Å². The highest BCUT2D eigenvalue weighted by molar-refractivity contribution is 7.80. The summed E-state index contributed by atoms with van der Waals surface area (Å²) in [6.45, 7) is 0. The molecule has 0 amide bonds. The van der Waals surface area contributed by atoms with Gasteiger partial charge in [0, 0.05) is 18.1 Å². The van der Waals surface area contributed by atoms with Crippen LogP contribution in [0.5, 0.6) is 0 Å². The summed E-state index contributed by atoms with van der Waals surface area (Å²) < 4.78 is 1.92. The molecule has 6 heteroatoms. The molecule has 86 valence electrons. The van der Waals surface area contributed by atoms with E-state index in [-0.39, 0.29) is 5.11 Å². The minimum Gasteiger partial charge on any atom is -0.375 e. The molecule has 1 heterocycles. The van der Waals surface area contributed by atoms with Crippen molar-refractivity contribution in [3.8, 4) is 5.69 Å². The fourth-order valence-corrected chi connectivity index (χ4v) is 1.37. The topological polar surface area (TPSA) is 68.2 Å². The van der Waals surface area contributed by atoms with Crippen LogP contribution in [0, 0.1) is 0 Å². The van der Waals surface area contributed by atoms with Crippen molar-refractivity contribution < 1.29 is 0 Å². The predicted molar refractivity (Wildman–Crippen MR) is 71.1 cm³/mol. The summed E-state index contributed by atoms with van der Waals surface area (Å²) in [5, 5.41) is 4.02. The van der Waals surface area contributed by atoms with Crippen molar-refractivity contribution in [3.63, 3.8) is 0 Å². The average molecular weight is 245 g/mol. The number of nitrogens with one attached hydrogen (secondary N) is 1. The number of nitrogens with two attached hydrogens (primary N) is 1. The summed E-state index contributed by atoms with van der Waals surface area (Å²) >= 11 is 4.63. The van der Waals surface area contributed by atoms with Crippen LogP contribution in [0.1, 0.15) is 5.56 Å². The molecule has 1 aromatic heterocycles. The zero-order chi connectivity index (χ0) is 12.1. The summed E-state index contributed by atoms with van der Waals surface area (Å²) in [7, 11) is 0. The van der Waals surface area contributed by atoms with Crippen LogP contribution in [-0.4, -0.2) is 20.9 Å². The molecule has 0 saturated heterocycles. The Kier molecular flexibility index (Phi) is 3.46. The number of hydrazone groups is 1. The van der Waals surface area contributed by atoms with Crippen molar-refractivity contribution in [1.29, 1.82) is 0 Å². The van der Waals surface area contributed by atoms with E-state index in [1.54, 1.807) is 18.7 Å². The van der Waals surface area contributed by atoms with E-state index >= 15 is 0 Å². The molecular formula is C11H11N5S. The summed E-state index contributed by atoms with van der Waals surface area (Å²) in [5.74, 6) is 0. The molecule has 17 heavy (non-hydrogen) atoms. The lowest BCUT2D eigenvalue weighted by Gasteiger charge is -2.01. The maximum atomic E-state index is 5.24. The summed E-state index contributed by atoms with van der Waals surface area (Å²) in [6.07, 6.45) is 7.02. The molecule has 0 unspecified atom stereocenters. The Bertz CT molecular complexity index is 515. The lowest BCUT2D eigenvalue weighted by molar-refractivity contribution is 1.04. The zero-order valence-electron chi connectivity index (χ0n) is 8.95. The van der Waals surface area contributed by atoms with Gasteiger partial charge in [-0.25, -0.2) is 4.98 Å². The Morgan fingerprint density at radius 3 is 2.76 bits per heavy atom. The minimum atomic E-state index is 0.149. The van der Waals surface area contributed by atoms with Gasteiger partial charge in [-0.3, -0.25) is 5.43 Å². The van der Waals surface area contributed by atoms with Gasteiger partial charge >= 0.3 is 0 Å². The monoisotopic (exact) mass is 245 g/mol. The Hall–Kier alpha value is -2.21. The van der Waals surface area contributed by atoms with Crippen molar-refractivity contribution in [2.45, 2.75) is 0 Å². The van der Waals surface area contributed by atoms with Gasteiger partial charge < -0.3 is 10.3 Å². The number of rotatable bonds is 3. The van der Waals surface area contributed by atoms with Gasteiger partial charge in [-0.2, -0.15) is 5.10 Å². The number of nitrogens with zero attached hydrogens (tertiary/aromatic N) is 3. The summed E-state index contributed by atoms with van der Waals surface area (Å²) in [4.78, 5) is 3.99. The second kappa shape index (κ2) is 5.22. The first kappa shape index (κ1) is 11.3. The molecule has 2 aromatic rings. The number of hydrogen-bond donors (Lipinski definition) is 2. The van der Waals surface area contributed by atoms with Crippen LogP contribution in [0.3, 0.4) is 0 Å². The van der Waals surface area contributed by atoms with Crippen molar-refractivity contribution in [2.75, 3.05) is 0 Å². The van der Waals surface area contributed by atoms with Gasteiger partial charge in [0.2, 0.25) is 0 Å². The molecule has 0 atom stereocenters. The number of benzene rings is 1. The number of thiocarbonyl (C=S) groups is 1. The summed E-state index contributed by atoms with van der Waals surface area (Å²) in [6, 6.07) is 7.84. The van der Waals surface area contributed by atoms with Crippen molar-refractivity contribution in [2.24, 2.45) is 10.8 Å². The predicted octanol–water partition coefficient (Wildman–Crippen LogP) is 1.04. The first-order chi connectivity index (χ1) is 8.25. The van der Waals surface area contributed by atoms with Crippen molar-refractivity contribution in [1.82, 2.24) is 15.0 Å². The highest BCUT2D eigenvalue weighted by Gasteiger charge is 1.94. The molecule has 0 bridgehead atoms. The van der Waals surface area contributed by atoms with Gasteiger partial charge in [0.15, 0.2) is 5.11 Å². The highest BCUT2D eigenvalue weighted by atomic mass is 32.1. The molecule has 5 nitrogen and oxygen atoms in total. The third-order valence-electron chi connectivity index (χ3n) is 2.08. The maximum Gasteiger partial charge on any atom is 0.184 e. The maximum absolute atomic E-state index is 5.24. The van der Waals surface area contributed by atoms with Gasteiger partial charge in [-0.15, -0.1) is 0 Å². The van der Waals surface area contributed by atoms with Crippen LogP contribution in [-0.2, 0) is 0 Å². The van der Waals surface area contributed by atoms with Crippen LogP contribution in [0.25, 0.3) is 5.69 Å². The van der Waals surface area contributed by atoms with E-state index in [4.69, 9.17) is 5.73 Å². The molecule has 0 aliphatic heterocycles. The lowest BCUT2D eigenvalue weighted by atomic mass is 10.2. The van der Waals surface area contributed by atoms with Crippen molar-refractivity contribution >= 4 is 23.5 Å². The highest BCUT2D eigenvalue weighted by Crippen LogP contribution is 2.07. The van der Waals surface area contributed by atoms with E-state index < -0.39 is 0 Å². The molecular weight excluding hydrogens is 234 g/mol. The molecule has 3 N–H and O–H groups in total. The first-order valence-electron chi connectivity index (χ1n) is 4.92. The second-order valence-electron chi connectivity index (χ2n) is 3.30. The molecule has 0 saturated carbocycles. The second-order valence-corrected chi connectivity index (χ2v) is 3.74. The van der Waals surface area contributed by atoms with E-state index in [0.29, 0.717) is 0 Å². The van der Waals surface area contributed by atoms with Gasteiger partial charge in [-0.1, -0.05) is 12.1 Å². The molecule has 2 rings (SSSR count). The van der Waals surface area contributed by atoms with E-state index in [9.17, 15) is 0 Å². The van der Waals surface area contributed by atoms with Crippen molar-refractivity contribution in [3.05, 3.63) is 48.5 Å². The fraction of sp³-hybridized carbons (Fsp3) is 0.